The highest BCUT2D eigenvalue weighted by molar-refractivity contribution is 5.76. The van der Waals surface area contributed by atoms with Crippen molar-refractivity contribution in [2.75, 3.05) is 13.6 Å². The fourth-order valence-corrected chi connectivity index (χ4v) is 1.86. The lowest BCUT2D eigenvalue weighted by atomic mass is 10.3. The van der Waals surface area contributed by atoms with E-state index >= 15 is 0 Å². The van der Waals surface area contributed by atoms with Crippen molar-refractivity contribution in [2.45, 2.75) is 44.2 Å². The van der Waals surface area contributed by atoms with Gasteiger partial charge in [-0.3, -0.25) is 4.79 Å². The van der Waals surface area contributed by atoms with E-state index in [0.717, 1.165) is 25.7 Å². The van der Waals surface area contributed by atoms with Gasteiger partial charge in [-0.05, 0) is 25.7 Å². The van der Waals surface area contributed by atoms with Gasteiger partial charge in [0.05, 0.1) is 6.42 Å². The lowest BCUT2D eigenvalue weighted by Crippen LogP contribution is -2.44. The molecule has 0 atom stereocenters. The molecular weight excluding hydrogens is 208 g/mol. The quantitative estimate of drug-likeness (QED) is 0.764. The van der Waals surface area contributed by atoms with Crippen LogP contribution < -0.4 is 0 Å². The topological polar surface area (TPSA) is 60.9 Å². The molecular formula is C11H18N2O3. The van der Waals surface area contributed by atoms with Crippen molar-refractivity contribution in [2.24, 2.45) is 0 Å². The van der Waals surface area contributed by atoms with E-state index in [1.165, 1.54) is 0 Å². The zero-order valence-electron chi connectivity index (χ0n) is 9.56. The van der Waals surface area contributed by atoms with Crippen LogP contribution in [0.15, 0.2) is 0 Å². The van der Waals surface area contributed by atoms with Gasteiger partial charge in [-0.15, -0.1) is 0 Å². The van der Waals surface area contributed by atoms with E-state index in [9.17, 15) is 9.59 Å². The first-order valence-corrected chi connectivity index (χ1v) is 5.85. The zero-order chi connectivity index (χ0) is 11.7. The molecule has 2 fully saturated rings. The molecule has 0 aromatic carbocycles. The number of carbonyl (C=O) groups is 2. The maximum absolute atomic E-state index is 12.1. The molecule has 2 amide bonds. The Morgan fingerprint density at radius 1 is 1.19 bits per heavy atom. The number of nitrogens with zero attached hydrogens (tertiary/aromatic N) is 2. The summed E-state index contributed by atoms with van der Waals surface area (Å²) in [5.41, 5.74) is 0. The molecule has 90 valence electrons. The molecule has 0 unspecified atom stereocenters. The molecule has 0 aromatic rings. The molecule has 0 radical (unpaired) electrons. The fourth-order valence-electron chi connectivity index (χ4n) is 1.86. The minimum Gasteiger partial charge on any atom is -0.481 e. The molecule has 0 aliphatic heterocycles. The minimum absolute atomic E-state index is 0.00579. The van der Waals surface area contributed by atoms with Gasteiger partial charge in [0.15, 0.2) is 0 Å². The largest absolute Gasteiger partial charge is 0.481 e. The predicted molar refractivity (Wildman–Crippen MR) is 58.2 cm³/mol. The molecule has 16 heavy (non-hydrogen) atoms. The van der Waals surface area contributed by atoms with Gasteiger partial charge in [-0.1, -0.05) is 0 Å². The van der Waals surface area contributed by atoms with Crippen LogP contribution >= 0.6 is 0 Å². The smallest absolute Gasteiger partial charge is 0.320 e. The molecule has 0 spiro atoms. The number of hydrogen-bond donors (Lipinski definition) is 1. The second-order valence-electron chi connectivity index (χ2n) is 4.69. The summed E-state index contributed by atoms with van der Waals surface area (Å²) in [7, 11) is 1.82. The third-order valence-electron chi connectivity index (χ3n) is 3.20. The molecule has 5 heteroatoms. The van der Waals surface area contributed by atoms with E-state index in [0.29, 0.717) is 12.6 Å². The van der Waals surface area contributed by atoms with Crippen LogP contribution in [0.4, 0.5) is 4.79 Å². The van der Waals surface area contributed by atoms with E-state index in [4.69, 9.17) is 5.11 Å². The van der Waals surface area contributed by atoms with Gasteiger partial charge in [0.2, 0.25) is 0 Å². The molecule has 1 N–H and O–H groups in total. The number of carboxylic acid groups (broad SMARTS) is 1. The Kier molecular flexibility index (Phi) is 3.03. The van der Waals surface area contributed by atoms with Gasteiger partial charge < -0.3 is 14.9 Å². The number of hydrogen-bond acceptors (Lipinski definition) is 2. The molecule has 2 aliphatic carbocycles. The van der Waals surface area contributed by atoms with Crippen LogP contribution in [0.1, 0.15) is 32.1 Å². The Labute approximate surface area is 95.0 Å². The average Bonchev–Trinajstić information content (AvgIpc) is 3.07. The van der Waals surface area contributed by atoms with Gasteiger partial charge in [0.25, 0.3) is 0 Å². The number of urea groups is 1. The van der Waals surface area contributed by atoms with Crippen molar-refractivity contribution in [1.29, 1.82) is 0 Å². The predicted octanol–water partition coefficient (Wildman–Crippen LogP) is 1.14. The van der Waals surface area contributed by atoms with Crippen molar-refractivity contribution >= 4 is 12.0 Å². The second kappa shape index (κ2) is 4.31. The third-order valence-corrected chi connectivity index (χ3v) is 3.20. The lowest BCUT2D eigenvalue weighted by Gasteiger charge is -2.27. The molecule has 0 bridgehead atoms. The first-order chi connectivity index (χ1) is 7.59. The summed E-state index contributed by atoms with van der Waals surface area (Å²) in [6, 6.07) is 0.679. The summed E-state index contributed by atoms with van der Waals surface area (Å²) in [6.07, 6.45) is 4.24. The molecule has 2 rings (SSSR count). The summed E-state index contributed by atoms with van der Waals surface area (Å²) in [6.45, 7) is 0.343. The molecule has 2 saturated carbocycles. The third kappa shape index (κ3) is 2.65. The summed E-state index contributed by atoms with van der Waals surface area (Å²) in [5.74, 6) is -0.840. The van der Waals surface area contributed by atoms with Crippen molar-refractivity contribution in [1.82, 2.24) is 9.80 Å². The highest BCUT2D eigenvalue weighted by Gasteiger charge is 2.38. The lowest BCUT2D eigenvalue weighted by molar-refractivity contribution is -0.137. The molecule has 5 nitrogen and oxygen atoms in total. The first-order valence-electron chi connectivity index (χ1n) is 5.85. The van der Waals surface area contributed by atoms with Crippen LogP contribution in [0.25, 0.3) is 0 Å². The summed E-state index contributed by atoms with van der Waals surface area (Å²) in [5, 5.41) is 8.65. The summed E-state index contributed by atoms with van der Waals surface area (Å²) < 4.78 is 0. The van der Waals surface area contributed by atoms with Crippen molar-refractivity contribution in [3.8, 4) is 0 Å². The molecule has 0 aromatic heterocycles. The highest BCUT2D eigenvalue weighted by Crippen LogP contribution is 2.31. The highest BCUT2D eigenvalue weighted by atomic mass is 16.4. The number of amides is 2. The Morgan fingerprint density at radius 3 is 2.19 bits per heavy atom. The zero-order valence-corrected chi connectivity index (χ0v) is 9.56. The molecule has 0 saturated heterocycles. The van der Waals surface area contributed by atoms with Gasteiger partial charge in [0, 0.05) is 25.7 Å². The summed E-state index contributed by atoms with van der Waals surface area (Å²) >= 11 is 0. The van der Waals surface area contributed by atoms with Crippen LogP contribution in [-0.2, 0) is 4.79 Å². The average molecular weight is 226 g/mol. The van der Waals surface area contributed by atoms with E-state index in [2.05, 4.69) is 0 Å². The monoisotopic (exact) mass is 226 g/mol. The Hall–Kier alpha value is -1.26. The van der Waals surface area contributed by atoms with E-state index < -0.39 is 5.97 Å². The van der Waals surface area contributed by atoms with Gasteiger partial charge in [0.1, 0.15) is 0 Å². The van der Waals surface area contributed by atoms with Crippen LogP contribution in [-0.4, -0.2) is 52.6 Å². The van der Waals surface area contributed by atoms with Crippen LogP contribution in [0.5, 0.6) is 0 Å². The maximum atomic E-state index is 12.1. The Balaban J connectivity index is 1.89. The van der Waals surface area contributed by atoms with E-state index in [1.54, 1.807) is 9.80 Å². The molecule has 0 heterocycles. The van der Waals surface area contributed by atoms with Crippen LogP contribution in [0.2, 0.25) is 0 Å². The SMILES string of the molecule is CN(C(=O)N(CCC(=O)O)C1CC1)C1CC1. The number of aliphatic carboxylic acids is 1. The van der Waals surface area contributed by atoms with Crippen molar-refractivity contribution in [3.05, 3.63) is 0 Å². The standard InChI is InChI=1S/C11H18N2O3/c1-12(8-2-3-8)11(16)13(9-4-5-9)7-6-10(14)15/h8-9H,2-7H2,1H3,(H,14,15). The van der Waals surface area contributed by atoms with Gasteiger partial charge in [-0.2, -0.15) is 0 Å². The first kappa shape index (κ1) is 11.2. The Bertz CT molecular complexity index is 298. The number of rotatable bonds is 5. The van der Waals surface area contributed by atoms with Crippen LogP contribution in [0.3, 0.4) is 0 Å². The number of carboxylic acids is 1. The fraction of sp³-hybridized carbons (Fsp3) is 0.818. The van der Waals surface area contributed by atoms with Crippen molar-refractivity contribution < 1.29 is 14.7 Å². The van der Waals surface area contributed by atoms with Crippen molar-refractivity contribution in [3.63, 3.8) is 0 Å². The van der Waals surface area contributed by atoms with Gasteiger partial charge >= 0.3 is 12.0 Å². The van der Waals surface area contributed by atoms with Crippen LogP contribution in [0, 0.1) is 0 Å². The van der Waals surface area contributed by atoms with E-state index in [1.807, 2.05) is 7.05 Å². The maximum Gasteiger partial charge on any atom is 0.320 e. The number of carbonyl (C=O) groups excluding carboxylic acids is 1. The summed E-state index contributed by atoms with van der Waals surface area (Å²) in [4.78, 5) is 26.1. The van der Waals surface area contributed by atoms with E-state index in [-0.39, 0.29) is 18.5 Å². The van der Waals surface area contributed by atoms with Gasteiger partial charge in [-0.25, -0.2) is 4.79 Å². The normalized spacial score (nSPS) is 19.3. The second-order valence-corrected chi connectivity index (χ2v) is 4.69. The molecule has 2 aliphatic rings. The Morgan fingerprint density at radius 2 is 1.75 bits per heavy atom. The minimum atomic E-state index is -0.840.